The van der Waals surface area contributed by atoms with Gasteiger partial charge in [-0.05, 0) is 42.8 Å². The molecule has 0 saturated carbocycles. The van der Waals surface area contributed by atoms with Crippen LogP contribution in [-0.4, -0.2) is 39.1 Å². The number of imidazole rings is 1. The summed E-state index contributed by atoms with van der Waals surface area (Å²) in [6, 6.07) is 17.1. The summed E-state index contributed by atoms with van der Waals surface area (Å²) in [5, 5.41) is 13.5. The van der Waals surface area contributed by atoms with Crippen molar-refractivity contribution in [1.82, 2.24) is 20.3 Å². The molecule has 4 rings (SSSR count). The number of nitrogen functional groups attached to an aromatic ring is 1. The van der Waals surface area contributed by atoms with E-state index in [1.165, 1.54) is 0 Å². The van der Waals surface area contributed by atoms with Crippen molar-refractivity contribution in [3.8, 4) is 17.4 Å². The maximum Gasteiger partial charge on any atom is 0.253 e. The minimum absolute atomic E-state index is 0.329. The molecule has 0 saturated heterocycles. The normalized spacial score (nSPS) is 13.0. The molecule has 2 heterocycles. The van der Waals surface area contributed by atoms with E-state index in [1.54, 1.807) is 56.5 Å². The van der Waals surface area contributed by atoms with E-state index in [9.17, 15) is 9.90 Å². The average Bonchev–Trinajstić information content (AvgIpc) is 3.23. The fourth-order valence-corrected chi connectivity index (χ4v) is 3.34. The number of aliphatic hydroxyl groups is 1. The highest BCUT2D eigenvalue weighted by Gasteiger charge is 2.21. The molecule has 0 spiro atoms. The molecule has 8 heteroatoms. The molecule has 0 aliphatic carbocycles. The Hall–Kier alpha value is -3.91. The lowest BCUT2D eigenvalue weighted by atomic mass is 10.0. The van der Waals surface area contributed by atoms with Crippen molar-refractivity contribution in [2.75, 3.05) is 12.8 Å². The first kappa shape index (κ1) is 20.4. The van der Waals surface area contributed by atoms with Gasteiger partial charge in [-0.25, -0.2) is 9.97 Å². The number of carbonyl (C=O) groups excluding carboxylic acids is 1. The number of nitrogens with two attached hydrogens (primary N) is 1. The van der Waals surface area contributed by atoms with Crippen molar-refractivity contribution in [2.24, 2.45) is 0 Å². The highest BCUT2D eigenvalue weighted by atomic mass is 16.5. The summed E-state index contributed by atoms with van der Waals surface area (Å²) >= 11 is 0. The van der Waals surface area contributed by atoms with E-state index in [0.717, 1.165) is 0 Å². The third kappa shape index (κ3) is 4.19. The zero-order valence-corrected chi connectivity index (χ0v) is 17.2. The molecular weight excluding hydrogens is 394 g/mol. The number of anilines is 1. The third-order valence-corrected chi connectivity index (χ3v) is 5.04. The Morgan fingerprint density at radius 3 is 2.58 bits per heavy atom. The number of amides is 1. The number of nitrogens with one attached hydrogen (secondary N) is 2. The van der Waals surface area contributed by atoms with Gasteiger partial charge in [0.05, 0.1) is 30.3 Å². The molecule has 2 atom stereocenters. The first-order valence-corrected chi connectivity index (χ1v) is 9.81. The van der Waals surface area contributed by atoms with Crippen LogP contribution < -0.4 is 15.8 Å². The number of hydrogen-bond donors (Lipinski definition) is 4. The minimum atomic E-state index is -0.875. The lowest BCUT2D eigenvalue weighted by Gasteiger charge is -2.21. The minimum Gasteiger partial charge on any atom is -0.481 e. The lowest BCUT2D eigenvalue weighted by Crippen LogP contribution is -2.37. The molecule has 4 aromatic rings. The second-order valence-electron chi connectivity index (χ2n) is 7.23. The van der Waals surface area contributed by atoms with Crippen LogP contribution in [0.5, 0.6) is 5.88 Å². The zero-order valence-electron chi connectivity index (χ0n) is 17.2. The predicted octanol–water partition coefficient (Wildman–Crippen LogP) is 3.07. The monoisotopic (exact) mass is 417 g/mol. The largest absolute Gasteiger partial charge is 0.481 e. The van der Waals surface area contributed by atoms with Crippen molar-refractivity contribution in [3.05, 3.63) is 71.8 Å². The van der Waals surface area contributed by atoms with E-state index in [1.807, 2.05) is 18.2 Å². The number of benzene rings is 2. The van der Waals surface area contributed by atoms with Crippen LogP contribution >= 0.6 is 0 Å². The summed E-state index contributed by atoms with van der Waals surface area (Å²) in [5.74, 6) is 0.676. The number of rotatable bonds is 6. The quantitative estimate of drug-likeness (QED) is 0.357. The highest BCUT2D eigenvalue weighted by molar-refractivity contribution is 6.05. The molecule has 0 aliphatic heterocycles. The van der Waals surface area contributed by atoms with Crippen LogP contribution in [-0.2, 0) is 0 Å². The number of hydrogen-bond acceptors (Lipinski definition) is 6. The summed E-state index contributed by atoms with van der Waals surface area (Å²) < 4.78 is 5.17. The second-order valence-corrected chi connectivity index (χ2v) is 7.23. The van der Waals surface area contributed by atoms with Gasteiger partial charge in [-0.1, -0.05) is 24.3 Å². The highest BCUT2D eigenvalue weighted by Crippen LogP contribution is 2.24. The maximum absolute atomic E-state index is 13.0. The molecule has 2 aromatic carbocycles. The van der Waals surface area contributed by atoms with Gasteiger partial charge >= 0.3 is 0 Å². The van der Waals surface area contributed by atoms with Crippen molar-refractivity contribution < 1.29 is 14.6 Å². The topological polar surface area (TPSA) is 126 Å². The fourth-order valence-electron chi connectivity index (χ4n) is 3.34. The van der Waals surface area contributed by atoms with Gasteiger partial charge < -0.3 is 25.9 Å². The number of H-pyrrole nitrogens is 1. The zero-order chi connectivity index (χ0) is 22.0. The summed E-state index contributed by atoms with van der Waals surface area (Å²) in [6.45, 7) is 1.75. The van der Waals surface area contributed by atoms with Crippen LogP contribution in [0.15, 0.2) is 60.7 Å². The molecule has 2 aromatic heterocycles. The van der Waals surface area contributed by atoms with Crippen molar-refractivity contribution in [1.29, 1.82) is 0 Å². The number of methoxy groups -OCH3 is 1. The predicted molar refractivity (Wildman–Crippen MR) is 119 cm³/mol. The molecule has 5 N–H and O–H groups in total. The van der Waals surface area contributed by atoms with Gasteiger partial charge in [0.25, 0.3) is 5.91 Å². The summed E-state index contributed by atoms with van der Waals surface area (Å²) in [6.07, 6.45) is -0.875. The van der Waals surface area contributed by atoms with Gasteiger partial charge in [-0.15, -0.1) is 0 Å². The molecule has 0 bridgehead atoms. The number of carbonyl (C=O) groups is 1. The van der Waals surface area contributed by atoms with Crippen molar-refractivity contribution in [2.45, 2.75) is 19.1 Å². The smallest absolute Gasteiger partial charge is 0.253 e. The Bertz CT molecular complexity index is 1220. The van der Waals surface area contributed by atoms with E-state index in [-0.39, 0.29) is 5.91 Å². The number of para-hydroxylation sites is 1. The molecule has 0 radical (unpaired) electrons. The third-order valence-electron chi connectivity index (χ3n) is 5.04. The molecule has 8 nitrogen and oxygen atoms in total. The van der Waals surface area contributed by atoms with E-state index >= 15 is 0 Å². The second kappa shape index (κ2) is 8.45. The molecular formula is C23H23N5O3. The van der Waals surface area contributed by atoms with Crippen LogP contribution in [0.1, 0.15) is 28.9 Å². The fraction of sp³-hybridized carbons (Fsp3) is 0.174. The van der Waals surface area contributed by atoms with Gasteiger partial charge in [-0.3, -0.25) is 4.79 Å². The van der Waals surface area contributed by atoms with Gasteiger partial charge in [0.15, 0.2) is 5.82 Å². The first-order valence-electron chi connectivity index (χ1n) is 9.81. The van der Waals surface area contributed by atoms with E-state index in [2.05, 4.69) is 20.3 Å². The number of aromatic nitrogens is 3. The Labute approximate surface area is 179 Å². The van der Waals surface area contributed by atoms with Crippen LogP contribution in [0.3, 0.4) is 0 Å². The Balaban J connectivity index is 1.59. The van der Waals surface area contributed by atoms with Crippen LogP contribution in [0.4, 0.5) is 5.69 Å². The number of nitrogens with zero attached hydrogens (tertiary/aromatic N) is 2. The van der Waals surface area contributed by atoms with E-state index in [4.69, 9.17) is 10.5 Å². The summed E-state index contributed by atoms with van der Waals surface area (Å²) in [7, 11) is 1.55. The average molecular weight is 417 g/mol. The molecule has 0 fully saturated rings. The SMILES string of the molecule is COc1cccc(-c2nc3c(C(=O)NC(C)C(O)c4ccc(N)cc4)cccc3[nH]2)n1. The molecule has 158 valence electrons. The summed E-state index contributed by atoms with van der Waals surface area (Å²) in [4.78, 5) is 25.1. The number of aliphatic hydroxyl groups excluding tert-OH is 1. The van der Waals surface area contributed by atoms with Gasteiger partial charge in [0.2, 0.25) is 5.88 Å². The van der Waals surface area contributed by atoms with Crippen molar-refractivity contribution >= 4 is 22.6 Å². The Morgan fingerprint density at radius 1 is 1.10 bits per heavy atom. The molecule has 31 heavy (non-hydrogen) atoms. The van der Waals surface area contributed by atoms with Crippen LogP contribution in [0, 0.1) is 0 Å². The van der Waals surface area contributed by atoms with Crippen molar-refractivity contribution in [3.63, 3.8) is 0 Å². The van der Waals surface area contributed by atoms with Crippen LogP contribution in [0.25, 0.3) is 22.6 Å². The van der Waals surface area contributed by atoms with E-state index < -0.39 is 12.1 Å². The number of aromatic amines is 1. The first-order chi connectivity index (χ1) is 15.0. The number of ether oxygens (including phenoxy) is 1. The Morgan fingerprint density at radius 2 is 1.84 bits per heavy atom. The molecule has 0 aliphatic rings. The summed E-state index contributed by atoms with van der Waals surface area (Å²) in [5.41, 5.74) is 9.22. The van der Waals surface area contributed by atoms with E-state index in [0.29, 0.717) is 45.2 Å². The van der Waals surface area contributed by atoms with Gasteiger partial charge in [0, 0.05) is 11.8 Å². The lowest BCUT2D eigenvalue weighted by molar-refractivity contribution is 0.0853. The van der Waals surface area contributed by atoms with Gasteiger partial charge in [0.1, 0.15) is 11.2 Å². The molecule has 2 unspecified atom stereocenters. The Kier molecular flexibility index (Phi) is 5.55. The maximum atomic E-state index is 13.0. The standard InChI is InChI=1S/C23H23N5O3/c1-13(21(29)14-9-11-15(24)12-10-14)25-23(30)16-5-3-6-17-20(16)28-22(27-17)18-7-4-8-19(26-18)31-2/h3-13,21,29H,24H2,1-2H3,(H,25,30)(H,27,28). The number of pyridine rings is 1. The van der Waals surface area contributed by atoms with Crippen LogP contribution in [0.2, 0.25) is 0 Å². The molecule has 1 amide bonds. The van der Waals surface area contributed by atoms with Gasteiger partial charge in [-0.2, -0.15) is 0 Å². The number of fused-ring (bicyclic) bond motifs is 1.